The normalized spacial score (nSPS) is 11.8. The van der Waals surface area contributed by atoms with E-state index in [0.717, 1.165) is 23.8 Å². The van der Waals surface area contributed by atoms with E-state index in [1.807, 2.05) is 32.0 Å². The minimum atomic E-state index is -0.779. The first-order chi connectivity index (χ1) is 9.39. The van der Waals surface area contributed by atoms with Crippen LogP contribution in [0.3, 0.4) is 0 Å². The zero-order valence-electron chi connectivity index (χ0n) is 11.8. The minimum absolute atomic E-state index is 0.145. The number of carboxylic acids is 1. The molecule has 2 nitrogen and oxygen atoms in total. The lowest BCUT2D eigenvalue weighted by Gasteiger charge is -2.22. The van der Waals surface area contributed by atoms with Crippen molar-refractivity contribution in [2.75, 3.05) is 0 Å². The molecule has 20 heavy (non-hydrogen) atoms. The summed E-state index contributed by atoms with van der Waals surface area (Å²) in [5, 5.41) is 10.4. The number of hydrogen-bond acceptors (Lipinski definition) is 1. The van der Waals surface area contributed by atoms with E-state index in [-0.39, 0.29) is 17.7 Å². The molecular formula is C17H19FO2. The number of aryl methyl sites for hydroxylation is 1. The van der Waals surface area contributed by atoms with Crippen LogP contribution < -0.4 is 0 Å². The summed E-state index contributed by atoms with van der Waals surface area (Å²) in [6, 6.07) is 10.7. The highest BCUT2D eigenvalue weighted by Crippen LogP contribution is 2.29. The van der Waals surface area contributed by atoms with Crippen LogP contribution in [-0.4, -0.2) is 11.1 Å². The van der Waals surface area contributed by atoms with E-state index in [1.54, 1.807) is 12.1 Å². The van der Waals surface area contributed by atoms with Crippen molar-refractivity contribution in [1.29, 1.82) is 0 Å². The second-order valence-corrected chi connectivity index (χ2v) is 5.99. The standard InChI is InChI=1S/C17H19FO2/c1-17(2,11-16(19)20)10-9-12-7-8-15(18)14-6-4-3-5-13(12)14/h3-8H,9-11H2,1-2H3,(H,19,20). The van der Waals surface area contributed by atoms with E-state index in [4.69, 9.17) is 5.11 Å². The van der Waals surface area contributed by atoms with Crippen molar-refractivity contribution in [1.82, 2.24) is 0 Å². The highest BCUT2D eigenvalue weighted by atomic mass is 19.1. The number of hydrogen-bond donors (Lipinski definition) is 1. The first-order valence-electron chi connectivity index (χ1n) is 6.77. The van der Waals surface area contributed by atoms with Gasteiger partial charge in [-0.15, -0.1) is 0 Å². The van der Waals surface area contributed by atoms with Crippen LogP contribution in [0.15, 0.2) is 36.4 Å². The molecule has 2 aromatic carbocycles. The third-order valence-electron chi connectivity index (χ3n) is 3.66. The fourth-order valence-electron chi connectivity index (χ4n) is 2.51. The highest BCUT2D eigenvalue weighted by Gasteiger charge is 2.21. The van der Waals surface area contributed by atoms with Crippen LogP contribution in [0.25, 0.3) is 10.8 Å². The van der Waals surface area contributed by atoms with Crippen molar-refractivity contribution in [3.05, 3.63) is 47.8 Å². The smallest absolute Gasteiger partial charge is 0.303 e. The number of halogens is 1. The van der Waals surface area contributed by atoms with Gasteiger partial charge in [0.2, 0.25) is 0 Å². The number of carboxylic acid groups (broad SMARTS) is 1. The van der Waals surface area contributed by atoms with Gasteiger partial charge in [-0.3, -0.25) is 4.79 Å². The van der Waals surface area contributed by atoms with Crippen LogP contribution >= 0.6 is 0 Å². The van der Waals surface area contributed by atoms with Crippen molar-refractivity contribution in [3.8, 4) is 0 Å². The van der Waals surface area contributed by atoms with Gasteiger partial charge in [-0.1, -0.05) is 44.2 Å². The summed E-state index contributed by atoms with van der Waals surface area (Å²) in [5.74, 6) is -0.992. The van der Waals surface area contributed by atoms with Gasteiger partial charge in [0.05, 0.1) is 6.42 Å². The molecule has 0 aliphatic carbocycles. The van der Waals surface area contributed by atoms with Gasteiger partial charge < -0.3 is 5.11 Å². The van der Waals surface area contributed by atoms with E-state index in [9.17, 15) is 9.18 Å². The average molecular weight is 274 g/mol. The second kappa shape index (κ2) is 5.61. The van der Waals surface area contributed by atoms with Crippen LogP contribution in [0.2, 0.25) is 0 Å². The number of rotatable bonds is 5. The van der Waals surface area contributed by atoms with Crippen LogP contribution in [0.5, 0.6) is 0 Å². The minimum Gasteiger partial charge on any atom is -0.481 e. The molecule has 2 aromatic rings. The van der Waals surface area contributed by atoms with Gasteiger partial charge in [-0.2, -0.15) is 0 Å². The zero-order valence-corrected chi connectivity index (χ0v) is 11.8. The molecule has 0 unspecified atom stereocenters. The highest BCUT2D eigenvalue weighted by molar-refractivity contribution is 5.86. The fraction of sp³-hybridized carbons (Fsp3) is 0.353. The van der Waals surface area contributed by atoms with Gasteiger partial charge in [0.15, 0.2) is 0 Å². The van der Waals surface area contributed by atoms with E-state index < -0.39 is 5.97 Å². The van der Waals surface area contributed by atoms with Crippen LogP contribution in [0.4, 0.5) is 4.39 Å². The third-order valence-corrected chi connectivity index (χ3v) is 3.66. The largest absolute Gasteiger partial charge is 0.481 e. The number of aliphatic carboxylic acids is 1. The molecule has 0 spiro atoms. The van der Waals surface area contributed by atoms with Crippen LogP contribution in [0.1, 0.15) is 32.3 Å². The molecule has 0 bridgehead atoms. The number of carbonyl (C=O) groups is 1. The molecule has 0 aromatic heterocycles. The first-order valence-corrected chi connectivity index (χ1v) is 6.77. The van der Waals surface area contributed by atoms with Crippen molar-refractivity contribution in [2.24, 2.45) is 5.41 Å². The van der Waals surface area contributed by atoms with Crippen molar-refractivity contribution >= 4 is 16.7 Å². The Morgan fingerprint density at radius 1 is 1.15 bits per heavy atom. The lowest BCUT2D eigenvalue weighted by Crippen LogP contribution is -2.17. The summed E-state index contributed by atoms with van der Waals surface area (Å²) in [5.41, 5.74) is 0.807. The van der Waals surface area contributed by atoms with Crippen molar-refractivity contribution in [2.45, 2.75) is 33.1 Å². The maximum absolute atomic E-state index is 13.7. The monoisotopic (exact) mass is 274 g/mol. The summed E-state index contributed by atoms with van der Waals surface area (Å²) in [6.07, 6.45) is 1.65. The Balaban J connectivity index is 2.23. The maximum Gasteiger partial charge on any atom is 0.303 e. The molecule has 0 saturated carbocycles. The Morgan fingerprint density at radius 2 is 1.80 bits per heavy atom. The molecule has 0 atom stereocenters. The van der Waals surface area contributed by atoms with Gasteiger partial charge in [0.1, 0.15) is 5.82 Å². The SMILES string of the molecule is CC(C)(CCc1ccc(F)c2ccccc12)CC(=O)O. The van der Waals surface area contributed by atoms with Crippen LogP contribution in [-0.2, 0) is 11.2 Å². The molecule has 0 fully saturated rings. The maximum atomic E-state index is 13.7. The molecular weight excluding hydrogens is 255 g/mol. The average Bonchev–Trinajstić information content (AvgIpc) is 2.37. The number of fused-ring (bicyclic) bond motifs is 1. The second-order valence-electron chi connectivity index (χ2n) is 5.99. The zero-order chi connectivity index (χ0) is 14.8. The van der Waals surface area contributed by atoms with Gasteiger partial charge in [0.25, 0.3) is 0 Å². The molecule has 0 heterocycles. The Bertz CT molecular complexity index is 632. The molecule has 0 radical (unpaired) electrons. The summed E-state index contributed by atoms with van der Waals surface area (Å²) >= 11 is 0. The van der Waals surface area contributed by atoms with E-state index in [0.29, 0.717) is 5.39 Å². The predicted octanol–water partition coefficient (Wildman–Crippen LogP) is 4.41. The molecule has 1 N–H and O–H groups in total. The molecule has 0 aliphatic heterocycles. The Labute approximate surface area is 118 Å². The van der Waals surface area contributed by atoms with Crippen LogP contribution in [0, 0.1) is 11.2 Å². The van der Waals surface area contributed by atoms with E-state index in [1.165, 1.54) is 6.07 Å². The van der Waals surface area contributed by atoms with E-state index in [2.05, 4.69) is 0 Å². The predicted molar refractivity (Wildman–Crippen MR) is 78.3 cm³/mol. The molecule has 0 aliphatic rings. The lowest BCUT2D eigenvalue weighted by atomic mass is 9.82. The number of benzene rings is 2. The molecule has 0 saturated heterocycles. The Kier molecular flexibility index (Phi) is 4.07. The Morgan fingerprint density at radius 3 is 2.45 bits per heavy atom. The topological polar surface area (TPSA) is 37.3 Å². The summed E-state index contributed by atoms with van der Waals surface area (Å²) in [4.78, 5) is 10.8. The van der Waals surface area contributed by atoms with Crippen molar-refractivity contribution < 1.29 is 14.3 Å². The quantitative estimate of drug-likeness (QED) is 0.876. The van der Waals surface area contributed by atoms with E-state index >= 15 is 0 Å². The third kappa shape index (κ3) is 3.35. The summed E-state index contributed by atoms with van der Waals surface area (Å²) in [6.45, 7) is 3.90. The molecule has 106 valence electrons. The molecule has 3 heteroatoms. The first kappa shape index (κ1) is 14.5. The molecule has 0 amide bonds. The summed E-state index contributed by atoms with van der Waals surface area (Å²) < 4.78 is 13.7. The fourth-order valence-corrected chi connectivity index (χ4v) is 2.51. The summed E-state index contributed by atoms with van der Waals surface area (Å²) in [7, 11) is 0. The van der Waals surface area contributed by atoms with Gasteiger partial charge in [0, 0.05) is 5.39 Å². The van der Waals surface area contributed by atoms with Gasteiger partial charge in [-0.05, 0) is 35.3 Å². The van der Waals surface area contributed by atoms with Gasteiger partial charge in [-0.25, -0.2) is 4.39 Å². The molecule has 2 rings (SSSR count). The van der Waals surface area contributed by atoms with Crippen molar-refractivity contribution in [3.63, 3.8) is 0 Å². The Hall–Kier alpha value is -1.90. The lowest BCUT2D eigenvalue weighted by molar-refractivity contribution is -0.139. The van der Waals surface area contributed by atoms with Gasteiger partial charge >= 0.3 is 5.97 Å².